The van der Waals surface area contributed by atoms with Gasteiger partial charge in [-0.1, -0.05) is 23.8 Å². The van der Waals surface area contributed by atoms with E-state index < -0.39 is 10.0 Å². The number of aryl methyl sites for hydroxylation is 1. The standard InChI is InChI=1S/C15H17N3O2S/c1-13-4-6-15(7-5-13)21(19,20)18-10-9-17-12-14-3-2-8-16-11-14/h2-8,11-12,18H,9-10H2,1H3. The van der Waals surface area contributed by atoms with Crippen molar-refractivity contribution < 1.29 is 8.42 Å². The van der Waals surface area contributed by atoms with E-state index in [0.29, 0.717) is 6.54 Å². The van der Waals surface area contributed by atoms with Crippen LogP contribution in [0.2, 0.25) is 0 Å². The molecule has 0 aliphatic rings. The van der Waals surface area contributed by atoms with Gasteiger partial charge < -0.3 is 0 Å². The number of benzene rings is 1. The third-order valence-corrected chi connectivity index (χ3v) is 4.27. The van der Waals surface area contributed by atoms with Crippen LogP contribution < -0.4 is 4.72 Å². The zero-order valence-corrected chi connectivity index (χ0v) is 12.5. The maximum atomic E-state index is 12.0. The molecule has 0 saturated carbocycles. The number of pyridine rings is 1. The molecule has 21 heavy (non-hydrogen) atoms. The van der Waals surface area contributed by atoms with Crippen molar-refractivity contribution in [2.75, 3.05) is 13.1 Å². The van der Waals surface area contributed by atoms with Crippen LogP contribution in [-0.4, -0.2) is 32.7 Å². The zero-order chi connectivity index (χ0) is 15.1. The highest BCUT2D eigenvalue weighted by Gasteiger charge is 2.11. The molecule has 0 amide bonds. The number of nitrogens with one attached hydrogen (secondary N) is 1. The van der Waals surface area contributed by atoms with Crippen molar-refractivity contribution in [1.29, 1.82) is 0 Å². The van der Waals surface area contributed by atoms with Crippen LogP contribution in [-0.2, 0) is 10.0 Å². The summed E-state index contributed by atoms with van der Waals surface area (Å²) in [4.78, 5) is 8.40. The normalized spacial score (nSPS) is 11.9. The van der Waals surface area contributed by atoms with Gasteiger partial charge in [0, 0.05) is 30.7 Å². The lowest BCUT2D eigenvalue weighted by Gasteiger charge is -2.05. The predicted octanol–water partition coefficient (Wildman–Crippen LogP) is 1.79. The largest absolute Gasteiger partial charge is 0.291 e. The van der Waals surface area contributed by atoms with Gasteiger partial charge in [-0.05, 0) is 25.1 Å². The summed E-state index contributed by atoms with van der Waals surface area (Å²) in [6, 6.07) is 10.4. The zero-order valence-electron chi connectivity index (χ0n) is 11.7. The highest BCUT2D eigenvalue weighted by atomic mass is 32.2. The van der Waals surface area contributed by atoms with Crippen LogP contribution in [0.1, 0.15) is 11.1 Å². The molecule has 1 aromatic heterocycles. The summed E-state index contributed by atoms with van der Waals surface area (Å²) in [7, 11) is -3.46. The van der Waals surface area contributed by atoms with Crippen molar-refractivity contribution in [3.8, 4) is 0 Å². The molecule has 0 unspecified atom stereocenters. The Kier molecular flexibility index (Phi) is 5.19. The molecule has 1 heterocycles. The van der Waals surface area contributed by atoms with Gasteiger partial charge in [-0.2, -0.15) is 0 Å². The Balaban J connectivity index is 1.85. The summed E-state index contributed by atoms with van der Waals surface area (Å²) in [6.45, 7) is 2.55. The SMILES string of the molecule is Cc1ccc(S(=O)(=O)NCCN=Cc2cccnc2)cc1. The molecule has 6 heteroatoms. The fourth-order valence-corrected chi connectivity index (χ4v) is 2.69. The molecule has 110 valence electrons. The molecule has 2 rings (SSSR count). The minimum Gasteiger partial charge on any atom is -0.291 e. The topological polar surface area (TPSA) is 71.4 Å². The molecule has 0 aliphatic heterocycles. The van der Waals surface area contributed by atoms with E-state index in [1.807, 2.05) is 19.1 Å². The lowest BCUT2D eigenvalue weighted by Crippen LogP contribution is -2.26. The van der Waals surface area contributed by atoms with Gasteiger partial charge in [0.15, 0.2) is 0 Å². The second-order valence-electron chi connectivity index (χ2n) is 4.53. The van der Waals surface area contributed by atoms with Crippen LogP contribution >= 0.6 is 0 Å². The third-order valence-electron chi connectivity index (χ3n) is 2.79. The number of aliphatic imine (C=N–C) groups is 1. The molecule has 1 aromatic carbocycles. The fourth-order valence-electron chi connectivity index (χ4n) is 1.67. The van der Waals surface area contributed by atoms with E-state index in [1.165, 1.54) is 0 Å². The van der Waals surface area contributed by atoms with Crippen molar-refractivity contribution in [2.24, 2.45) is 4.99 Å². The van der Waals surface area contributed by atoms with Gasteiger partial charge in [-0.15, -0.1) is 0 Å². The molecule has 0 atom stereocenters. The molecule has 5 nitrogen and oxygen atoms in total. The predicted molar refractivity (Wildman–Crippen MR) is 83.1 cm³/mol. The average Bonchev–Trinajstić information content (AvgIpc) is 2.48. The number of aromatic nitrogens is 1. The third kappa shape index (κ3) is 4.77. The highest BCUT2D eigenvalue weighted by molar-refractivity contribution is 7.89. The molecule has 0 bridgehead atoms. The van der Waals surface area contributed by atoms with Gasteiger partial charge >= 0.3 is 0 Å². The Bertz CT molecular complexity index is 695. The Labute approximate surface area is 124 Å². The van der Waals surface area contributed by atoms with Gasteiger partial charge in [0.25, 0.3) is 0 Å². The number of sulfonamides is 1. The van der Waals surface area contributed by atoms with E-state index in [1.54, 1.807) is 42.9 Å². The molecule has 2 aromatic rings. The van der Waals surface area contributed by atoms with E-state index in [4.69, 9.17) is 0 Å². The number of hydrogen-bond acceptors (Lipinski definition) is 4. The first-order chi connectivity index (χ1) is 10.1. The minimum atomic E-state index is -3.46. The molecule has 0 spiro atoms. The van der Waals surface area contributed by atoms with Crippen molar-refractivity contribution in [2.45, 2.75) is 11.8 Å². The number of hydrogen-bond donors (Lipinski definition) is 1. The van der Waals surface area contributed by atoms with Crippen molar-refractivity contribution >= 4 is 16.2 Å². The van der Waals surface area contributed by atoms with Crippen molar-refractivity contribution in [3.05, 3.63) is 59.9 Å². The van der Waals surface area contributed by atoms with Gasteiger partial charge in [0.1, 0.15) is 0 Å². The van der Waals surface area contributed by atoms with Crippen LogP contribution in [0.5, 0.6) is 0 Å². The first-order valence-electron chi connectivity index (χ1n) is 6.54. The molecule has 0 fully saturated rings. The van der Waals surface area contributed by atoms with E-state index in [9.17, 15) is 8.42 Å². The first kappa shape index (κ1) is 15.3. The molecular weight excluding hydrogens is 286 g/mol. The van der Waals surface area contributed by atoms with Gasteiger partial charge in [-0.25, -0.2) is 13.1 Å². The number of nitrogens with zero attached hydrogens (tertiary/aromatic N) is 2. The van der Waals surface area contributed by atoms with Gasteiger partial charge in [-0.3, -0.25) is 9.98 Å². The summed E-state index contributed by atoms with van der Waals surface area (Å²) >= 11 is 0. The summed E-state index contributed by atoms with van der Waals surface area (Å²) in [5.74, 6) is 0. The fraction of sp³-hybridized carbons (Fsp3) is 0.200. The Morgan fingerprint density at radius 1 is 1.24 bits per heavy atom. The lowest BCUT2D eigenvalue weighted by atomic mass is 10.2. The Morgan fingerprint density at radius 2 is 2.00 bits per heavy atom. The van der Waals surface area contributed by atoms with E-state index in [-0.39, 0.29) is 11.4 Å². The van der Waals surface area contributed by atoms with Gasteiger partial charge in [0.2, 0.25) is 10.0 Å². The summed E-state index contributed by atoms with van der Waals surface area (Å²) in [6.07, 6.45) is 5.06. The van der Waals surface area contributed by atoms with Crippen LogP contribution in [0.4, 0.5) is 0 Å². The van der Waals surface area contributed by atoms with E-state index in [2.05, 4.69) is 14.7 Å². The average molecular weight is 303 g/mol. The highest BCUT2D eigenvalue weighted by Crippen LogP contribution is 2.09. The number of rotatable bonds is 6. The summed E-state index contributed by atoms with van der Waals surface area (Å²) < 4.78 is 26.5. The molecular formula is C15H17N3O2S. The molecule has 0 radical (unpaired) electrons. The Hall–Kier alpha value is -2.05. The van der Waals surface area contributed by atoms with E-state index in [0.717, 1.165) is 11.1 Å². The lowest BCUT2D eigenvalue weighted by molar-refractivity contribution is 0.582. The van der Waals surface area contributed by atoms with Crippen molar-refractivity contribution in [1.82, 2.24) is 9.71 Å². The smallest absolute Gasteiger partial charge is 0.240 e. The molecule has 0 aliphatic carbocycles. The second kappa shape index (κ2) is 7.10. The summed E-state index contributed by atoms with van der Waals surface area (Å²) in [5.41, 5.74) is 1.91. The maximum absolute atomic E-state index is 12.0. The maximum Gasteiger partial charge on any atom is 0.240 e. The quantitative estimate of drug-likeness (QED) is 0.653. The first-order valence-corrected chi connectivity index (χ1v) is 8.02. The monoisotopic (exact) mass is 303 g/mol. The van der Waals surface area contributed by atoms with Crippen molar-refractivity contribution in [3.63, 3.8) is 0 Å². The van der Waals surface area contributed by atoms with E-state index >= 15 is 0 Å². The van der Waals surface area contributed by atoms with Crippen LogP contribution in [0.25, 0.3) is 0 Å². The van der Waals surface area contributed by atoms with Gasteiger partial charge in [0.05, 0.1) is 11.4 Å². The summed E-state index contributed by atoms with van der Waals surface area (Å²) in [5, 5.41) is 0. The second-order valence-corrected chi connectivity index (χ2v) is 6.30. The molecule has 1 N–H and O–H groups in total. The molecule has 0 saturated heterocycles. The van der Waals surface area contributed by atoms with Crippen LogP contribution in [0, 0.1) is 6.92 Å². The Morgan fingerprint density at radius 3 is 2.67 bits per heavy atom. The minimum absolute atomic E-state index is 0.257. The van der Waals surface area contributed by atoms with Crippen LogP contribution in [0.15, 0.2) is 58.7 Å². The van der Waals surface area contributed by atoms with Crippen LogP contribution in [0.3, 0.4) is 0 Å².